The molecule has 0 saturated carbocycles. The number of hydrogen-bond acceptors (Lipinski definition) is 5. The summed E-state index contributed by atoms with van der Waals surface area (Å²) in [7, 11) is -3.93. The predicted molar refractivity (Wildman–Crippen MR) is 103 cm³/mol. The highest BCUT2D eigenvalue weighted by atomic mass is 32.2. The van der Waals surface area contributed by atoms with E-state index in [0.717, 1.165) is 39.0 Å². The summed E-state index contributed by atoms with van der Waals surface area (Å²) in [5, 5.41) is 20.7. The number of aromatic nitrogens is 1. The Labute approximate surface area is 156 Å². The van der Waals surface area contributed by atoms with Crippen molar-refractivity contribution in [1.29, 1.82) is 0 Å². The first-order valence-corrected chi connectivity index (χ1v) is 9.75. The number of phenols is 1. The minimum Gasteiger partial charge on any atom is -0.506 e. The number of phenolic OH excluding ortho intramolecular Hbond substituents is 1. The molecule has 0 unspecified atom stereocenters. The van der Waals surface area contributed by atoms with Gasteiger partial charge in [-0.25, -0.2) is 9.03 Å². The minimum atomic E-state index is -3.93. The number of nitrogens with one attached hydrogen (secondary N) is 1. The number of anilines is 1. The molecule has 1 aliphatic rings. The van der Waals surface area contributed by atoms with E-state index < -0.39 is 16.1 Å². The van der Waals surface area contributed by atoms with Crippen LogP contribution in [0.3, 0.4) is 0 Å². The molecule has 2 aromatic carbocycles. The van der Waals surface area contributed by atoms with Gasteiger partial charge in [-0.05, 0) is 48.2 Å². The number of aliphatic hydroxyl groups excluding tert-OH is 1. The van der Waals surface area contributed by atoms with Gasteiger partial charge in [0.1, 0.15) is 11.4 Å². The van der Waals surface area contributed by atoms with Crippen molar-refractivity contribution in [3.8, 4) is 5.75 Å². The van der Waals surface area contributed by atoms with E-state index in [0.29, 0.717) is 6.42 Å². The van der Waals surface area contributed by atoms with E-state index in [1.807, 2.05) is 35.2 Å². The summed E-state index contributed by atoms with van der Waals surface area (Å²) < 4.78 is 26.6. The molecule has 3 N–H and O–H groups in total. The first-order chi connectivity index (χ1) is 12.9. The van der Waals surface area contributed by atoms with Crippen LogP contribution in [0.15, 0.2) is 66.8 Å². The van der Waals surface area contributed by atoms with Gasteiger partial charge in [-0.2, -0.15) is 8.42 Å². The van der Waals surface area contributed by atoms with Crippen molar-refractivity contribution < 1.29 is 18.6 Å². The fraction of sp³-hybridized carbons (Fsp3) is 0.105. The Morgan fingerprint density at radius 2 is 1.78 bits per heavy atom. The molecule has 4 rings (SSSR count). The molecule has 1 aliphatic heterocycles. The summed E-state index contributed by atoms with van der Waals surface area (Å²) in [5.74, 6) is -0.678. The number of para-hydroxylation sites is 1. The third kappa shape index (κ3) is 3.39. The fourth-order valence-corrected chi connectivity index (χ4v) is 4.11. The van der Waals surface area contributed by atoms with Crippen LogP contribution in [0, 0.1) is 0 Å². The highest BCUT2D eigenvalue weighted by Gasteiger charge is 2.30. The molecule has 3 aromatic rings. The van der Waals surface area contributed by atoms with Crippen LogP contribution in [0.5, 0.6) is 5.75 Å². The van der Waals surface area contributed by atoms with E-state index in [-0.39, 0.29) is 11.4 Å². The monoisotopic (exact) mass is 383 g/mol. The Morgan fingerprint density at radius 3 is 2.52 bits per heavy atom. The van der Waals surface area contributed by atoms with Gasteiger partial charge in [-0.3, -0.25) is 4.98 Å². The molecule has 0 radical (unpaired) electrons. The van der Waals surface area contributed by atoms with Gasteiger partial charge in [0.15, 0.2) is 0 Å². The van der Waals surface area contributed by atoms with Crippen LogP contribution in [0.4, 0.5) is 5.69 Å². The third-order valence-electron chi connectivity index (χ3n) is 4.36. The van der Waals surface area contributed by atoms with Crippen LogP contribution in [0.2, 0.25) is 0 Å². The number of nitrogens with zero attached hydrogens (tertiary/aromatic N) is 2. The van der Waals surface area contributed by atoms with Gasteiger partial charge in [0.2, 0.25) is 5.88 Å². The van der Waals surface area contributed by atoms with Crippen molar-refractivity contribution in [2.45, 2.75) is 12.8 Å². The van der Waals surface area contributed by atoms with Crippen molar-refractivity contribution in [1.82, 2.24) is 9.71 Å². The fourth-order valence-electron chi connectivity index (χ4n) is 3.04. The second kappa shape index (κ2) is 6.48. The van der Waals surface area contributed by atoms with Gasteiger partial charge in [0.25, 0.3) is 0 Å². The van der Waals surface area contributed by atoms with Gasteiger partial charge >= 0.3 is 10.2 Å². The van der Waals surface area contributed by atoms with Gasteiger partial charge in [0, 0.05) is 11.6 Å². The SMILES string of the molecule is O=S1(=O)NC(O)=CN1c1ccc(CCc2cnc3ccccc3c2)cc1O. The van der Waals surface area contributed by atoms with E-state index in [1.54, 1.807) is 6.07 Å². The second-order valence-corrected chi connectivity index (χ2v) is 7.82. The Kier molecular flexibility index (Phi) is 4.12. The number of hydrogen-bond donors (Lipinski definition) is 3. The normalized spacial score (nSPS) is 15.6. The van der Waals surface area contributed by atoms with Crippen LogP contribution in [0.1, 0.15) is 11.1 Å². The van der Waals surface area contributed by atoms with Crippen LogP contribution in [-0.4, -0.2) is 23.6 Å². The van der Waals surface area contributed by atoms with Gasteiger partial charge in [0.05, 0.1) is 11.7 Å². The molecule has 0 aliphatic carbocycles. The van der Waals surface area contributed by atoms with Crippen molar-refractivity contribution in [2.24, 2.45) is 0 Å². The molecular formula is C19H17N3O4S. The lowest BCUT2D eigenvalue weighted by molar-refractivity contribution is 0.392. The Hall–Kier alpha value is -3.26. The maximum Gasteiger partial charge on any atom is 0.330 e. The van der Waals surface area contributed by atoms with Crippen LogP contribution in [-0.2, 0) is 23.1 Å². The molecule has 27 heavy (non-hydrogen) atoms. The lowest BCUT2D eigenvalue weighted by atomic mass is 10.0. The molecule has 1 aromatic heterocycles. The zero-order chi connectivity index (χ0) is 19.0. The summed E-state index contributed by atoms with van der Waals surface area (Å²) in [4.78, 5) is 4.44. The molecule has 0 spiro atoms. The molecule has 0 bridgehead atoms. The lowest BCUT2D eigenvalue weighted by Gasteiger charge is -2.16. The summed E-state index contributed by atoms with van der Waals surface area (Å²) >= 11 is 0. The molecule has 2 heterocycles. The number of aromatic hydroxyl groups is 1. The first-order valence-electron chi connectivity index (χ1n) is 8.31. The van der Waals surface area contributed by atoms with Crippen LogP contribution in [0.25, 0.3) is 10.9 Å². The second-order valence-electron chi connectivity index (χ2n) is 6.28. The number of aliphatic hydroxyl groups is 1. The number of benzene rings is 2. The zero-order valence-electron chi connectivity index (χ0n) is 14.2. The Balaban J connectivity index is 1.52. The van der Waals surface area contributed by atoms with Crippen molar-refractivity contribution in [2.75, 3.05) is 4.31 Å². The summed E-state index contributed by atoms with van der Waals surface area (Å²) in [6.45, 7) is 0. The molecule has 7 nitrogen and oxygen atoms in total. The third-order valence-corrected chi connectivity index (χ3v) is 5.65. The quantitative estimate of drug-likeness (QED) is 0.643. The number of fused-ring (bicyclic) bond motifs is 1. The average Bonchev–Trinajstić information content (AvgIpc) is 2.92. The lowest BCUT2D eigenvalue weighted by Crippen LogP contribution is -2.29. The molecule has 8 heteroatoms. The Morgan fingerprint density at radius 1 is 1.00 bits per heavy atom. The highest BCUT2D eigenvalue weighted by Crippen LogP contribution is 2.32. The minimum absolute atomic E-state index is 0.0719. The first kappa shape index (κ1) is 17.2. The number of pyridine rings is 1. The summed E-state index contributed by atoms with van der Waals surface area (Å²) in [6, 6.07) is 14.8. The Bertz CT molecular complexity index is 1160. The average molecular weight is 383 g/mol. The van der Waals surface area contributed by atoms with Crippen LogP contribution < -0.4 is 9.03 Å². The van der Waals surface area contributed by atoms with E-state index in [1.165, 1.54) is 12.1 Å². The maximum atomic E-state index is 11.9. The topological polar surface area (TPSA) is 103 Å². The molecular weight excluding hydrogens is 366 g/mol. The molecule has 0 amide bonds. The smallest absolute Gasteiger partial charge is 0.330 e. The van der Waals surface area contributed by atoms with Crippen LogP contribution >= 0.6 is 0 Å². The van der Waals surface area contributed by atoms with E-state index in [9.17, 15) is 18.6 Å². The van der Waals surface area contributed by atoms with Crippen molar-refractivity contribution in [3.63, 3.8) is 0 Å². The zero-order valence-corrected chi connectivity index (χ0v) is 15.0. The number of aryl methyl sites for hydroxylation is 2. The highest BCUT2D eigenvalue weighted by molar-refractivity contribution is 7.91. The van der Waals surface area contributed by atoms with E-state index in [2.05, 4.69) is 11.1 Å². The van der Waals surface area contributed by atoms with Gasteiger partial charge < -0.3 is 10.2 Å². The summed E-state index contributed by atoms with van der Waals surface area (Å²) in [5.41, 5.74) is 2.96. The van der Waals surface area contributed by atoms with Crippen molar-refractivity contribution in [3.05, 3.63) is 77.9 Å². The van der Waals surface area contributed by atoms with E-state index >= 15 is 0 Å². The molecule has 0 saturated heterocycles. The molecule has 138 valence electrons. The van der Waals surface area contributed by atoms with Gasteiger partial charge in [-0.1, -0.05) is 24.3 Å². The largest absolute Gasteiger partial charge is 0.506 e. The maximum absolute atomic E-state index is 11.9. The molecule has 0 atom stereocenters. The van der Waals surface area contributed by atoms with Gasteiger partial charge in [-0.15, -0.1) is 0 Å². The standard InChI is InChI=1S/C19H17N3O4S/c23-18-10-13(7-8-17(18)22-12-19(24)21-27(22,25)26)5-6-14-9-15-3-1-2-4-16(15)20-11-14/h1-4,7-12,21,23-24H,5-6H2. The predicted octanol–water partition coefficient (Wildman–Crippen LogP) is 2.74. The number of rotatable bonds is 4. The van der Waals surface area contributed by atoms with E-state index in [4.69, 9.17) is 0 Å². The van der Waals surface area contributed by atoms with Crippen molar-refractivity contribution >= 4 is 26.8 Å². The summed E-state index contributed by atoms with van der Waals surface area (Å²) in [6.07, 6.45) is 4.25. The molecule has 0 fully saturated rings.